The van der Waals surface area contributed by atoms with Crippen LogP contribution < -0.4 is 10.6 Å². The number of H-pyrrole nitrogens is 1. The maximum absolute atomic E-state index is 12.4. The number of carbonyl (C=O) groups is 2. The van der Waals surface area contributed by atoms with Gasteiger partial charge in [-0.05, 0) is 43.3 Å². The Morgan fingerprint density at radius 1 is 1.04 bits per heavy atom. The van der Waals surface area contributed by atoms with Gasteiger partial charge in [-0.15, -0.1) is 0 Å². The number of rotatable bonds is 5. The Balaban J connectivity index is 1.61. The number of aromatic amines is 1. The van der Waals surface area contributed by atoms with Gasteiger partial charge in [-0.2, -0.15) is 0 Å². The number of fused-ring (bicyclic) bond motifs is 1. The molecule has 0 radical (unpaired) electrons. The van der Waals surface area contributed by atoms with Crippen LogP contribution in [0.2, 0.25) is 0 Å². The minimum atomic E-state index is -0.310. The molecule has 3 aromatic rings. The number of amides is 2. The number of hydrogen-bond acceptors (Lipinski definition) is 4. The summed E-state index contributed by atoms with van der Waals surface area (Å²) in [6.07, 6.45) is 0. The van der Waals surface area contributed by atoms with Crippen molar-refractivity contribution in [3.8, 4) is 0 Å². The summed E-state index contributed by atoms with van der Waals surface area (Å²) in [7, 11) is 0. The number of nitrogens with one attached hydrogen (secondary N) is 3. The molecule has 0 bridgehead atoms. The highest BCUT2D eigenvalue weighted by Gasteiger charge is 2.16. The highest BCUT2D eigenvalue weighted by Crippen LogP contribution is 2.24. The third kappa shape index (κ3) is 4.39. The molecule has 0 aliphatic carbocycles. The van der Waals surface area contributed by atoms with Crippen molar-refractivity contribution >= 4 is 46.0 Å². The number of thioether (sulfide) groups is 1. The Labute approximate surface area is 149 Å². The molecule has 2 aromatic carbocycles. The number of benzene rings is 2. The summed E-state index contributed by atoms with van der Waals surface area (Å²) in [6.45, 7) is 3.28. The van der Waals surface area contributed by atoms with Crippen molar-refractivity contribution in [3.05, 3.63) is 48.5 Å². The first-order valence-corrected chi connectivity index (χ1v) is 8.69. The zero-order valence-corrected chi connectivity index (χ0v) is 14.7. The Morgan fingerprint density at radius 2 is 1.68 bits per heavy atom. The quantitative estimate of drug-likeness (QED) is 0.611. The topological polar surface area (TPSA) is 86.9 Å². The smallest absolute Gasteiger partial charge is 0.237 e. The van der Waals surface area contributed by atoms with E-state index >= 15 is 0 Å². The van der Waals surface area contributed by atoms with Crippen LogP contribution in [-0.4, -0.2) is 27.0 Å². The van der Waals surface area contributed by atoms with Crippen LogP contribution in [0.3, 0.4) is 0 Å². The van der Waals surface area contributed by atoms with Gasteiger partial charge in [0.25, 0.3) is 0 Å². The number of imidazole rings is 1. The fourth-order valence-electron chi connectivity index (χ4n) is 2.29. The fourth-order valence-corrected chi connectivity index (χ4v) is 3.11. The molecule has 0 saturated carbocycles. The van der Waals surface area contributed by atoms with Gasteiger partial charge in [-0.25, -0.2) is 4.98 Å². The Kier molecular flexibility index (Phi) is 5.04. The van der Waals surface area contributed by atoms with Crippen LogP contribution in [0, 0.1) is 0 Å². The second-order valence-electron chi connectivity index (χ2n) is 5.57. The predicted octanol–water partition coefficient (Wildman–Crippen LogP) is 3.64. The van der Waals surface area contributed by atoms with Crippen LogP contribution in [0.4, 0.5) is 11.4 Å². The van der Waals surface area contributed by atoms with Gasteiger partial charge in [-0.1, -0.05) is 23.9 Å². The van der Waals surface area contributed by atoms with E-state index in [1.807, 2.05) is 31.2 Å². The molecule has 0 aliphatic rings. The molecule has 1 aromatic heterocycles. The van der Waals surface area contributed by atoms with Crippen LogP contribution in [0.15, 0.2) is 53.7 Å². The molecule has 0 saturated heterocycles. The standard InChI is InChI=1S/C18H18N4O2S/c1-11(25-18-21-15-5-3-4-6-16(15)22-18)17(24)20-14-9-7-13(8-10-14)19-12(2)23/h3-11H,1-2H3,(H,19,23)(H,20,24)(H,21,22)/t11-/m0/s1. The minimum Gasteiger partial charge on any atom is -0.333 e. The van der Waals surface area contributed by atoms with Crippen molar-refractivity contribution in [1.82, 2.24) is 9.97 Å². The molecule has 2 amide bonds. The van der Waals surface area contributed by atoms with E-state index in [1.54, 1.807) is 24.3 Å². The van der Waals surface area contributed by atoms with Gasteiger partial charge in [0.1, 0.15) is 0 Å². The van der Waals surface area contributed by atoms with E-state index in [2.05, 4.69) is 20.6 Å². The summed E-state index contributed by atoms with van der Waals surface area (Å²) >= 11 is 1.37. The molecule has 128 valence electrons. The molecule has 3 N–H and O–H groups in total. The Hall–Kier alpha value is -2.80. The van der Waals surface area contributed by atoms with E-state index in [4.69, 9.17) is 0 Å². The third-order valence-electron chi connectivity index (χ3n) is 3.50. The Bertz CT molecular complexity index is 872. The number of carbonyl (C=O) groups excluding carboxylic acids is 2. The molecule has 0 aliphatic heterocycles. The summed E-state index contributed by atoms with van der Waals surface area (Å²) in [6, 6.07) is 14.7. The van der Waals surface area contributed by atoms with Crippen LogP contribution in [0.5, 0.6) is 0 Å². The van der Waals surface area contributed by atoms with Gasteiger partial charge in [0.2, 0.25) is 11.8 Å². The monoisotopic (exact) mass is 354 g/mol. The van der Waals surface area contributed by atoms with Gasteiger partial charge >= 0.3 is 0 Å². The zero-order chi connectivity index (χ0) is 17.8. The van der Waals surface area contributed by atoms with Crippen LogP contribution >= 0.6 is 11.8 Å². The molecule has 7 heteroatoms. The van der Waals surface area contributed by atoms with Gasteiger partial charge in [0.15, 0.2) is 5.16 Å². The largest absolute Gasteiger partial charge is 0.333 e. The summed E-state index contributed by atoms with van der Waals surface area (Å²) in [5, 5.41) is 5.95. The van der Waals surface area contributed by atoms with Gasteiger partial charge in [-0.3, -0.25) is 9.59 Å². The zero-order valence-electron chi connectivity index (χ0n) is 13.9. The van der Waals surface area contributed by atoms with Gasteiger partial charge in [0, 0.05) is 18.3 Å². The second kappa shape index (κ2) is 7.40. The lowest BCUT2D eigenvalue weighted by atomic mass is 10.2. The second-order valence-corrected chi connectivity index (χ2v) is 6.90. The highest BCUT2D eigenvalue weighted by molar-refractivity contribution is 8.00. The average molecular weight is 354 g/mol. The van der Waals surface area contributed by atoms with Crippen molar-refractivity contribution in [2.75, 3.05) is 10.6 Å². The van der Waals surface area contributed by atoms with Crippen molar-refractivity contribution in [1.29, 1.82) is 0 Å². The SMILES string of the molecule is CC(=O)Nc1ccc(NC(=O)[C@H](C)Sc2nc3ccccc3[nH]2)cc1. The predicted molar refractivity (Wildman–Crippen MR) is 101 cm³/mol. The number of hydrogen-bond donors (Lipinski definition) is 3. The lowest BCUT2D eigenvalue weighted by Gasteiger charge is -2.11. The van der Waals surface area contributed by atoms with Crippen molar-refractivity contribution in [2.24, 2.45) is 0 Å². The first kappa shape index (κ1) is 17.0. The molecular weight excluding hydrogens is 336 g/mol. The summed E-state index contributed by atoms with van der Waals surface area (Å²) < 4.78 is 0. The maximum Gasteiger partial charge on any atom is 0.237 e. The minimum absolute atomic E-state index is 0.113. The van der Waals surface area contributed by atoms with E-state index in [-0.39, 0.29) is 17.1 Å². The van der Waals surface area contributed by atoms with Gasteiger partial charge < -0.3 is 15.6 Å². The first-order valence-electron chi connectivity index (χ1n) is 7.81. The lowest BCUT2D eigenvalue weighted by molar-refractivity contribution is -0.115. The molecule has 0 spiro atoms. The molecular formula is C18H18N4O2S. The average Bonchev–Trinajstić information content (AvgIpc) is 2.98. The number of aromatic nitrogens is 2. The molecule has 25 heavy (non-hydrogen) atoms. The van der Waals surface area contributed by atoms with E-state index in [9.17, 15) is 9.59 Å². The van der Waals surface area contributed by atoms with Gasteiger partial charge in [0.05, 0.1) is 16.3 Å². The summed E-state index contributed by atoms with van der Waals surface area (Å²) in [5.41, 5.74) is 3.20. The van der Waals surface area contributed by atoms with Crippen molar-refractivity contribution in [3.63, 3.8) is 0 Å². The highest BCUT2D eigenvalue weighted by atomic mass is 32.2. The normalized spacial score (nSPS) is 11.9. The lowest BCUT2D eigenvalue weighted by Crippen LogP contribution is -2.22. The summed E-state index contributed by atoms with van der Waals surface area (Å²) in [5.74, 6) is -0.245. The van der Waals surface area contributed by atoms with Crippen molar-refractivity contribution < 1.29 is 9.59 Å². The summed E-state index contributed by atoms with van der Waals surface area (Å²) in [4.78, 5) is 31.0. The Morgan fingerprint density at radius 3 is 2.32 bits per heavy atom. The molecule has 1 atom stereocenters. The fraction of sp³-hybridized carbons (Fsp3) is 0.167. The first-order chi connectivity index (χ1) is 12.0. The van der Waals surface area contributed by atoms with Crippen LogP contribution in [-0.2, 0) is 9.59 Å². The number of nitrogens with zero attached hydrogens (tertiary/aromatic N) is 1. The maximum atomic E-state index is 12.4. The molecule has 6 nitrogen and oxygen atoms in total. The third-order valence-corrected chi connectivity index (χ3v) is 4.48. The molecule has 1 heterocycles. The van der Waals surface area contributed by atoms with E-state index in [0.29, 0.717) is 16.5 Å². The van der Waals surface area contributed by atoms with Crippen molar-refractivity contribution in [2.45, 2.75) is 24.3 Å². The van der Waals surface area contributed by atoms with E-state index in [1.165, 1.54) is 18.7 Å². The molecule has 0 unspecified atom stereocenters. The van der Waals surface area contributed by atoms with Crippen LogP contribution in [0.1, 0.15) is 13.8 Å². The molecule has 0 fully saturated rings. The van der Waals surface area contributed by atoms with E-state index < -0.39 is 0 Å². The van der Waals surface area contributed by atoms with E-state index in [0.717, 1.165) is 11.0 Å². The number of anilines is 2. The van der Waals surface area contributed by atoms with Crippen LogP contribution in [0.25, 0.3) is 11.0 Å². The molecule has 3 rings (SSSR count). The number of para-hydroxylation sites is 2.